The number of amides is 8. The lowest BCUT2D eigenvalue weighted by atomic mass is 9.91. The standard InChI is InChI=1S/C56H55N11O10/c1-4-47(68)59-37-11-9-34(10-12-37)31-66-51-36(32-65(56(66)74)40-26-41(75-2)28-42(27-40)76-3)30-58-55(62-51)60-38-13-15-39(16-14-38)64-22-20-63(21-23-64)33-49(70)57-19-6-24-77-43-25-35-7-5-8-44-50(35)45(29-43)54(73)67(53(44)72)46-17-18-48(69)61-52(46)71/h4-5,7-16,25-30,46H,1,6,17-24,31-33H2,2-3H3,(H,57,70)(H,59,68)(H,58,60,62)(H,61,69,71). The maximum atomic E-state index is 14.5. The van der Waals surface area contributed by atoms with Crippen molar-refractivity contribution in [2.75, 3.05) is 85.4 Å². The number of piperazine rings is 1. The number of aromatic nitrogens is 2. The molecule has 2 fully saturated rings. The third-order valence-electron chi connectivity index (χ3n) is 13.8. The van der Waals surface area contributed by atoms with Crippen LogP contribution in [0.5, 0.6) is 17.2 Å². The SMILES string of the molecule is C=CC(=O)Nc1ccc(CN2C(=O)N(c3cc(OC)cc(OC)c3)Cc3cnc(Nc4ccc(N5CCN(CC(=O)NCCCOc6cc7c8c(cccc8c6)C(=O)N(C6CCC(=O)NC6=O)C7=O)CC5)cc4)nc32)cc1. The molecule has 21 heteroatoms. The lowest BCUT2D eigenvalue weighted by molar-refractivity contribution is -0.136. The van der Waals surface area contributed by atoms with Crippen molar-refractivity contribution in [3.8, 4) is 17.2 Å². The Morgan fingerprint density at radius 1 is 0.818 bits per heavy atom. The Hall–Kier alpha value is -9.37. The van der Waals surface area contributed by atoms with Crippen LogP contribution in [-0.4, -0.2) is 127 Å². The summed E-state index contributed by atoms with van der Waals surface area (Å²) in [7, 11) is 3.10. The molecule has 0 bridgehead atoms. The quantitative estimate of drug-likeness (QED) is 0.0454. The van der Waals surface area contributed by atoms with Crippen LogP contribution in [-0.2, 0) is 32.3 Å². The van der Waals surface area contributed by atoms with Gasteiger partial charge in [-0.1, -0.05) is 30.8 Å². The van der Waals surface area contributed by atoms with Gasteiger partial charge in [0.15, 0.2) is 0 Å². The Bertz CT molecular complexity index is 3300. The fraction of sp³-hybridized carbons (Fsp3) is 0.268. The van der Waals surface area contributed by atoms with E-state index in [0.717, 1.165) is 27.4 Å². The summed E-state index contributed by atoms with van der Waals surface area (Å²) in [4.78, 5) is 109. The highest BCUT2D eigenvalue weighted by Gasteiger charge is 2.43. The monoisotopic (exact) mass is 1040 g/mol. The number of benzene rings is 5. The Kier molecular flexibility index (Phi) is 14.8. The summed E-state index contributed by atoms with van der Waals surface area (Å²) in [5, 5.41) is 12.4. The normalized spacial score (nSPS) is 16.4. The van der Waals surface area contributed by atoms with Crippen LogP contribution in [0, 0.1) is 0 Å². The first kappa shape index (κ1) is 51.1. The Morgan fingerprint density at radius 2 is 1.55 bits per heavy atom. The number of nitrogens with one attached hydrogen (secondary N) is 4. The number of anilines is 6. The predicted molar refractivity (Wildman–Crippen MR) is 287 cm³/mol. The van der Waals surface area contributed by atoms with Crippen molar-refractivity contribution in [1.29, 1.82) is 0 Å². The van der Waals surface area contributed by atoms with Gasteiger partial charge in [-0.15, -0.1) is 0 Å². The van der Waals surface area contributed by atoms with Crippen LogP contribution in [0.25, 0.3) is 10.8 Å². The molecule has 10 rings (SSSR count). The molecule has 0 spiro atoms. The van der Waals surface area contributed by atoms with Gasteiger partial charge in [0.05, 0.1) is 51.7 Å². The van der Waals surface area contributed by atoms with E-state index in [1.165, 1.54) is 6.08 Å². The zero-order valence-electron chi connectivity index (χ0n) is 42.4. The third kappa shape index (κ3) is 11.1. The molecule has 4 aliphatic heterocycles. The number of nitrogens with zero attached hydrogens (tertiary/aromatic N) is 7. The van der Waals surface area contributed by atoms with E-state index in [2.05, 4.69) is 42.6 Å². The largest absolute Gasteiger partial charge is 0.497 e. The highest BCUT2D eigenvalue weighted by atomic mass is 16.5. The van der Waals surface area contributed by atoms with E-state index in [9.17, 15) is 33.6 Å². The Morgan fingerprint density at radius 3 is 2.26 bits per heavy atom. The molecule has 394 valence electrons. The smallest absolute Gasteiger partial charge is 0.330 e. The van der Waals surface area contributed by atoms with Gasteiger partial charge >= 0.3 is 6.03 Å². The summed E-state index contributed by atoms with van der Waals surface area (Å²) < 4.78 is 17.0. The minimum atomic E-state index is -1.09. The molecule has 8 amide bonds. The van der Waals surface area contributed by atoms with E-state index in [-0.39, 0.29) is 62.5 Å². The molecule has 1 atom stereocenters. The van der Waals surface area contributed by atoms with Gasteiger partial charge in [0.2, 0.25) is 29.6 Å². The molecule has 21 nitrogen and oxygen atoms in total. The summed E-state index contributed by atoms with van der Waals surface area (Å²) in [6.07, 6.45) is 3.48. The van der Waals surface area contributed by atoms with Crippen LogP contribution in [0.3, 0.4) is 0 Å². The van der Waals surface area contributed by atoms with Crippen molar-refractivity contribution in [2.45, 2.75) is 38.4 Å². The number of hydrogen-bond acceptors (Lipinski definition) is 15. The van der Waals surface area contributed by atoms with Gasteiger partial charge in [-0.25, -0.2) is 9.78 Å². The minimum Gasteiger partial charge on any atom is -0.497 e. The van der Waals surface area contributed by atoms with Crippen LogP contribution >= 0.6 is 0 Å². The van der Waals surface area contributed by atoms with E-state index in [0.29, 0.717) is 95.9 Å². The number of fused-ring (bicyclic) bond motifs is 1. The summed E-state index contributed by atoms with van der Waals surface area (Å²) in [6, 6.07) is 27.4. The van der Waals surface area contributed by atoms with E-state index < -0.39 is 29.7 Å². The van der Waals surface area contributed by atoms with Crippen molar-refractivity contribution in [3.05, 3.63) is 138 Å². The zero-order chi connectivity index (χ0) is 53.7. The molecule has 5 aromatic carbocycles. The fourth-order valence-corrected chi connectivity index (χ4v) is 9.83. The van der Waals surface area contributed by atoms with Crippen LogP contribution in [0.2, 0.25) is 0 Å². The number of ether oxygens (including phenoxy) is 3. The van der Waals surface area contributed by atoms with Crippen molar-refractivity contribution in [2.24, 2.45) is 0 Å². The van der Waals surface area contributed by atoms with Gasteiger partial charge in [-0.2, -0.15) is 4.98 Å². The highest BCUT2D eigenvalue weighted by Crippen LogP contribution is 2.38. The lowest BCUT2D eigenvalue weighted by Crippen LogP contribution is -2.57. The molecule has 0 saturated carbocycles. The maximum Gasteiger partial charge on any atom is 0.330 e. The molecule has 2 saturated heterocycles. The topological polar surface area (TPSA) is 237 Å². The molecular weight excluding hydrogens is 987 g/mol. The molecule has 4 N–H and O–H groups in total. The number of urea groups is 1. The van der Waals surface area contributed by atoms with Gasteiger partial charge in [-0.05, 0) is 84.5 Å². The second kappa shape index (κ2) is 22.2. The number of methoxy groups -OCH3 is 2. The summed E-state index contributed by atoms with van der Waals surface area (Å²) in [6.45, 7) is 7.55. The fourth-order valence-electron chi connectivity index (χ4n) is 9.83. The molecule has 1 aromatic heterocycles. The van der Waals surface area contributed by atoms with Crippen molar-refractivity contribution < 1.29 is 47.8 Å². The van der Waals surface area contributed by atoms with Crippen molar-refractivity contribution in [3.63, 3.8) is 0 Å². The van der Waals surface area contributed by atoms with Crippen molar-refractivity contribution in [1.82, 2.24) is 30.4 Å². The van der Waals surface area contributed by atoms with Crippen LogP contribution in [0.4, 0.5) is 39.3 Å². The number of rotatable bonds is 18. The molecule has 1 unspecified atom stereocenters. The number of carbonyl (C=O) groups excluding carboxylic acids is 7. The van der Waals surface area contributed by atoms with Gasteiger partial charge in [-0.3, -0.25) is 53.7 Å². The minimum absolute atomic E-state index is 0.0210. The van der Waals surface area contributed by atoms with E-state index in [1.54, 1.807) is 90.9 Å². The number of imide groups is 2. The second-order valence-corrected chi connectivity index (χ2v) is 18.8. The molecule has 0 radical (unpaired) electrons. The van der Waals surface area contributed by atoms with E-state index in [1.807, 2.05) is 36.4 Å². The van der Waals surface area contributed by atoms with Crippen LogP contribution in [0.15, 0.2) is 116 Å². The van der Waals surface area contributed by atoms with Gasteiger partial charge in [0, 0.05) is 97.1 Å². The van der Waals surface area contributed by atoms with E-state index in [4.69, 9.17) is 19.2 Å². The molecule has 77 heavy (non-hydrogen) atoms. The summed E-state index contributed by atoms with van der Waals surface area (Å²) in [5.74, 6) is -0.539. The Labute approximate surface area is 442 Å². The summed E-state index contributed by atoms with van der Waals surface area (Å²) >= 11 is 0. The molecule has 4 aliphatic rings. The lowest BCUT2D eigenvalue weighted by Gasteiger charge is -2.36. The van der Waals surface area contributed by atoms with Crippen LogP contribution < -0.4 is 50.2 Å². The Balaban J connectivity index is 0.712. The first-order valence-electron chi connectivity index (χ1n) is 25.1. The van der Waals surface area contributed by atoms with Gasteiger partial charge < -0.3 is 35.1 Å². The summed E-state index contributed by atoms with van der Waals surface area (Å²) in [5.41, 5.74) is 4.98. The van der Waals surface area contributed by atoms with Gasteiger partial charge in [0.1, 0.15) is 29.1 Å². The average molecular weight is 1040 g/mol. The third-order valence-corrected chi connectivity index (χ3v) is 13.8. The first-order valence-corrected chi connectivity index (χ1v) is 25.1. The second-order valence-electron chi connectivity index (χ2n) is 18.8. The van der Waals surface area contributed by atoms with E-state index >= 15 is 0 Å². The number of carbonyl (C=O) groups is 7. The molecule has 5 heterocycles. The number of hydrogen-bond donors (Lipinski definition) is 4. The molecule has 6 aromatic rings. The zero-order valence-corrected chi connectivity index (χ0v) is 42.4. The maximum absolute atomic E-state index is 14.5. The highest BCUT2D eigenvalue weighted by molar-refractivity contribution is 6.27. The molecular formula is C56H55N11O10. The number of piperidine rings is 1. The predicted octanol–water partition coefficient (Wildman–Crippen LogP) is 5.77. The average Bonchev–Trinajstić information content (AvgIpc) is 3.59. The van der Waals surface area contributed by atoms with Gasteiger partial charge in [0.25, 0.3) is 11.8 Å². The molecule has 0 aliphatic carbocycles. The van der Waals surface area contributed by atoms with Crippen molar-refractivity contribution >= 4 is 86.8 Å². The first-order chi connectivity index (χ1) is 37.4. The van der Waals surface area contributed by atoms with Crippen LogP contribution in [0.1, 0.15) is 51.1 Å².